The summed E-state index contributed by atoms with van der Waals surface area (Å²) in [5.74, 6) is 0.412. The van der Waals surface area contributed by atoms with Gasteiger partial charge in [-0.1, -0.05) is 34.1 Å². The first-order chi connectivity index (χ1) is 9.06. The number of benzene rings is 2. The Morgan fingerprint density at radius 1 is 1.26 bits per heavy atom. The average molecular weight is 324 g/mol. The Morgan fingerprint density at radius 3 is 2.74 bits per heavy atom. The van der Waals surface area contributed by atoms with Crippen LogP contribution in [0.1, 0.15) is 24.1 Å². The molecule has 2 aromatic carbocycles. The van der Waals surface area contributed by atoms with Crippen LogP contribution in [0, 0.1) is 5.82 Å². The number of ether oxygens (including phenoxy) is 1. The van der Waals surface area contributed by atoms with Crippen LogP contribution < -0.4 is 10.5 Å². The molecule has 0 saturated carbocycles. The highest BCUT2D eigenvalue weighted by molar-refractivity contribution is 9.10. The van der Waals surface area contributed by atoms with E-state index in [0.29, 0.717) is 15.8 Å². The van der Waals surface area contributed by atoms with Crippen LogP contribution >= 0.6 is 15.9 Å². The van der Waals surface area contributed by atoms with Gasteiger partial charge in [-0.05, 0) is 36.8 Å². The fraction of sp³-hybridized carbons (Fsp3) is 0.200. The molecule has 1 atom stereocenters. The summed E-state index contributed by atoms with van der Waals surface area (Å²) in [7, 11) is 0. The Morgan fingerprint density at radius 2 is 2.05 bits per heavy atom. The van der Waals surface area contributed by atoms with Crippen molar-refractivity contribution in [1.82, 2.24) is 0 Å². The van der Waals surface area contributed by atoms with Crippen molar-refractivity contribution in [3.8, 4) is 5.75 Å². The maximum Gasteiger partial charge on any atom is 0.130 e. The topological polar surface area (TPSA) is 35.2 Å². The molecule has 0 amide bonds. The molecule has 0 radical (unpaired) electrons. The zero-order valence-corrected chi connectivity index (χ0v) is 12.2. The van der Waals surface area contributed by atoms with E-state index in [4.69, 9.17) is 10.5 Å². The highest BCUT2D eigenvalue weighted by Gasteiger charge is 2.05. The van der Waals surface area contributed by atoms with Crippen LogP contribution in [-0.4, -0.2) is 0 Å². The minimum absolute atomic E-state index is 0.0482. The van der Waals surface area contributed by atoms with Crippen molar-refractivity contribution in [2.75, 3.05) is 0 Å². The van der Waals surface area contributed by atoms with Crippen molar-refractivity contribution in [2.24, 2.45) is 5.73 Å². The molecule has 100 valence electrons. The molecule has 0 aliphatic heterocycles. The normalized spacial score (nSPS) is 12.2. The fourth-order valence-electron chi connectivity index (χ4n) is 1.69. The summed E-state index contributed by atoms with van der Waals surface area (Å²) < 4.78 is 19.9. The monoisotopic (exact) mass is 323 g/mol. The lowest BCUT2D eigenvalue weighted by molar-refractivity contribution is 0.299. The van der Waals surface area contributed by atoms with Crippen molar-refractivity contribution in [3.63, 3.8) is 0 Å². The molecule has 0 bridgehead atoms. The first-order valence-corrected chi connectivity index (χ1v) is 6.78. The van der Waals surface area contributed by atoms with E-state index in [0.717, 1.165) is 5.56 Å². The highest BCUT2D eigenvalue weighted by Crippen LogP contribution is 2.20. The molecule has 2 nitrogen and oxygen atoms in total. The predicted molar refractivity (Wildman–Crippen MR) is 77.5 cm³/mol. The van der Waals surface area contributed by atoms with E-state index in [1.165, 1.54) is 6.07 Å². The van der Waals surface area contributed by atoms with E-state index in [1.54, 1.807) is 12.1 Å². The second-order valence-electron chi connectivity index (χ2n) is 4.39. The van der Waals surface area contributed by atoms with Crippen LogP contribution in [0.25, 0.3) is 0 Å². The first kappa shape index (κ1) is 14.0. The minimum atomic E-state index is -0.280. The third-order valence-electron chi connectivity index (χ3n) is 2.79. The van der Waals surface area contributed by atoms with E-state index in [-0.39, 0.29) is 18.5 Å². The van der Waals surface area contributed by atoms with Gasteiger partial charge in [0.05, 0.1) is 0 Å². The Kier molecular flexibility index (Phi) is 4.56. The minimum Gasteiger partial charge on any atom is -0.489 e. The molecule has 0 saturated heterocycles. The lowest BCUT2D eigenvalue weighted by Crippen LogP contribution is -2.05. The standard InChI is InChI=1S/C15H15BrFNO/c1-10(18)11-3-2-4-14(7-11)19-9-12-5-6-13(16)8-15(12)17/h2-8,10H,9,18H2,1H3. The van der Waals surface area contributed by atoms with Gasteiger partial charge in [-0.2, -0.15) is 0 Å². The van der Waals surface area contributed by atoms with Gasteiger partial charge in [0, 0.05) is 16.1 Å². The van der Waals surface area contributed by atoms with E-state index < -0.39 is 0 Å². The lowest BCUT2D eigenvalue weighted by atomic mass is 10.1. The SMILES string of the molecule is CC(N)c1cccc(OCc2ccc(Br)cc2F)c1. The molecule has 2 aromatic rings. The summed E-state index contributed by atoms with van der Waals surface area (Å²) in [5.41, 5.74) is 7.33. The molecule has 0 spiro atoms. The molecular formula is C15H15BrFNO. The average Bonchev–Trinajstić information content (AvgIpc) is 2.38. The van der Waals surface area contributed by atoms with Crippen LogP contribution in [-0.2, 0) is 6.61 Å². The van der Waals surface area contributed by atoms with Crippen LogP contribution in [0.5, 0.6) is 5.75 Å². The maximum atomic E-state index is 13.6. The van der Waals surface area contributed by atoms with Crippen molar-refractivity contribution >= 4 is 15.9 Å². The number of rotatable bonds is 4. The molecule has 0 aromatic heterocycles. The number of hydrogen-bond acceptors (Lipinski definition) is 2. The van der Waals surface area contributed by atoms with E-state index in [2.05, 4.69) is 15.9 Å². The smallest absolute Gasteiger partial charge is 0.130 e. The molecular weight excluding hydrogens is 309 g/mol. The van der Waals surface area contributed by atoms with E-state index in [9.17, 15) is 4.39 Å². The summed E-state index contributed by atoms with van der Waals surface area (Å²) >= 11 is 3.22. The third kappa shape index (κ3) is 3.78. The van der Waals surface area contributed by atoms with Gasteiger partial charge < -0.3 is 10.5 Å². The van der Waals surface area contributed by atoms with Gasteiger partial charge in [0.1, 0.15) is 18.2 Å². The highest BCUT2D eigenvalue weighted by atomic mass is 79.9. The summed E-state index contributed by atoms with van der Waals surface area (Å²) in [6.07, 6.45) is 0. The molecule has 2 N–H and O–H groups in total. The Labute approximate surface area is 120 Å². The van der Waals surface area contributed by atoms with Crippen LogP contribution in [0.3, 0.4) is 0 Å². The third-order valence-corrected chi connectivity index (χ3v) is 3.29. The molecule has 1 unspecified atom stereocenters. The molecule has 4 heteroatoms. The molecule has 0 fully saturated rings. The van der Waals surface area contributed by atoms with Crippen molar-refractivity contribution in [3.05, 3.63) is 63.9 Å². The number of hydrogen-bond donors (Lipinski definition) is 1. The predicted octanol–water partition coefficient (Wildman–Crippen LogP) is 4.19. The van der Waals surface area contributed by atoms with Gasteiger partial charge in [0.15, 0.2) is 0 Å². The summed E-state index contributed by atoms with van der Waals surface area (Å²) in [6, 6.07) is 12.4. The van der Waals surface area contributed by atoms with Crippen LogP contribution in [0.15, 0.2) is 46.9 Å². The summed E-state index contributed by atoms with van der Waals surface area (Å²) in [5, 5.41) is 0. The number of nitrogens with two attached hydrogens (primary N) is 1. The van der Waals surface area contributed by atoms with Crippen molar-refractivity contribution in [2.45, 2.75) is 19.6 Å². The van der Waals surface area contributed by atoms with E-state index >= 15 is 0 Å². The fourth-order valence-corrected chi connectivity index (χ4v) is 2.02. The second-order valence-corrected chi connectivity index (χ2v) is 5.30. The largest absolute Gasteiger partial charge is 0.489 e. The van der Waals surface area contributed by atoms with Crippen LogP contribution in [0.2, 0.25) is 0 Å². The Hall–Kier alpha value is -1.39. The quantitative estimate of drug-likeness (QED) is 0.915. The second kappa shape index (κ2) is 6.17. The van der Waals surface area contributed by atoms with Gasteiger partial charge in [-0.15, -0.1) is 0 Å². The van der Waals surface area contributed by atoms with Gasteiger partial charge in [-0.3, -0.25) is 0 Å². The lowest BCUT2D eigenvalue weighted by Gasteiger charge is -2.10. The Bertz CT molecular complexity index is 572. The zero-order valence-electron chi connectivity index (χ0n) is 10.6. The van der Waals surface area contributed by atoms with Gasteiger partial charge in [0.25, 0.3) is 0 Å². The van der Waals surface area contributed by atoms with Gasteiger partial charge in [-0.25, -0.2) is 4.39 Å². The Balaban J connectivity index is 2.08. The molecule has 0 aliphatic rings. The molecule has 0 aliphatic carbocycles. The summed E-state index contributed by atoms with van der Waals surface area (Å²) in [4.78, 5) is 0. The molecule has 19 heavy (non-hydrogen) atoms. The molecule has 2 rings (SSSR count). The summed E-state index contributed by atoms with van der Waals surface area (Å²) in [6.45, 7) is 2.11. The molecule has 0 heterocycles. The van der Waals surface area contributed by atoms with Gasteiger partial charge in [0.2, 0.25) is 0 Å². The van der Waals surface area contributed by atoms with Crippen LogP contribution in [0.4, 0.5) is 4.39 Å². The van der Waals surface area contributed by atoms with Gasteiger partial charge >= 0.3 is 0 Å². The number of halogens is 2. The first-order valence-electron chi connectivity index (χ1n) is 5.98. The zero-order chi connectivity index (χ0) is 13.8. The van der Waals surface area contributed by atoms with E-state index in [1.807, 2.05) is 31.2 Å². The maximum absolute atomic E-state index is 13.6. The van der Waals surface area contributed by atoms with Crippen molar-refractivity contribution in [1.29, 1.82) is 0 Å². The van der Waals surface area contributed by atoms with Crippen molar-refractivity contribution < 1.29 is 9.13 Å².